The van der Waals surface area contributed by atoms with Crippen LogP contribution in [0.4, 0.5) is 0 Å². The van der Waals surface area contributed by atoms with E-state index in [-0.39, 0.29) is 11.8 Å². The van der Waals surface area contributed by atoms with Crippen molar-refractivity contribution in [2.24, 2.45) is 0 Å². The largest absolute Gasteiger partial charge is 0.351 e. The van der Waals surface area contributed by atoms with Gasteiger partial charge in [-0.3, -0.25) is 4.79 Å². The van der Waals surface area contributed by atoms with Gasteiger partial charge in [-0.25, -0.2) is 0 Å². The van der Waals surface area contributed by atoms with Crippen molar-refractivity contribution in [3.63, 3.8) is 0 Å². The molecule has 3 nitrogen and oxygen atoms in total. The Labute approximate surface area is 180 Å². The number of carbonyl (C=O) groups excluding carboxylic acids is 1. The van der Waals surface area contributed by atoms with E-state index in [0.717, 1.165) is 28.0 Å². The van der Waals surface area contributed by atoms with Crippen molar-refractivity contribution in [2.75, 3.05) is 0 Å². The van der Waals surface area contributed by atoms with Crippen LogP contribution in [0.25, 0.3) is 16.8 Å². The fourth-order valence-corrected chi connectivity index (χ4v) is 4.00. The molecule has 1 aliphatic rings. The van der Waals surface area contributed by atoms with Gasteiger partial charge in [-0.2, -0.15) is 0 Å². The number of rotatable bonds is 4. The molecule has 5 heteroatoms. The summed E-state index contributed by atoms with van der Waals surface area (Å²) in [6.07, 6.45) is 0. The van der Waals surface area contributed by atoms with Gasteiger partial charge in [0.2, 0.25) is 0 Å². The van der Waals surface area contributed by atoms with E-state index in [1.165, 1.54) is 0 Å². The molecule has 0 spiro atoms. The first-order chi connectivity index (χ1) is 14.0. The van der Waals surface area contributed by atoms with Gasteiger partial charge in [0.15, 0.2) is 10.9 Å². The van der Waals surface area contributed by atoms with Crippen molar-refractivity contribution in [3.05, 3.63) is 101 Å². The minimum atomic E-state index is -0.358. The van der Waals surface area contributed by atoms with Crippen molar-refractivity contribution in [1.29, 1.82) is 0 Å². The Morgan fingerprint density at radius 1 is 0.897 bits per heavy atom. The minimum Gasteiger partial charge on any atom is -0.351 e. The lowest BCUT2D eigenvalue weighted by atomic mass is 9.86. The number of benzene rings is 3. The summed E-state index contributed by atoms with van der Waals surface area (Å²) in [6.45, 7) is 1.59. The van der Waals surface area contributed by atoms with Crippen LogP contribution in [-0.2, 0) is 4.79 Å². The number of nitrogens with one attached hydrogen (secondary N) is 2. The molecule has 0 fully saturated rings. The number of hydrogen-bond acceptors (Lipinski definition) is 2. The van der Waals surface area contributed by atoms with E-state index in [4.69, 9.17) is 23.8 Å². The normalized spacial score (nSPS) is 16.2. The van der Waals surface area contributed by atoms with Gasteiger partial charge in [-0.05, 0) is 53.5 Å². The Kier molecular flexibility index (Phi) is 5.47. The molecule has 0 saturated carbocycles. The van der Waals surface area contributed by atoms with Gasteiger partial charge < -0.3 is 10.6 Å². The quantitative estimate of drug-likeness (QED) is 0.547. The monoisotopic (exact) mass is 418 g/mol. The van der Waals surface area contributed by atoms with Crippen molar-refractivity contribution >= 4 is 40.4 Å². The maximum absolute atomic E-state index is 12.8. The van der Waals surface area contributed by atoms with Gasteiger partial charge in [0, 0.05) is 10.6 Å². The van der Waals surface area contributed by atoms with Crippen molar-refractivity contribution in [3.8, 4) is 11.1 Å². The topological polar surface area (TPSA) is 41.1 Å². The van der Waals surface area contributed by atoms with Crippen LogP contribution in [0, 0.1) is 0 Å². The Morgan fingerprint density at radius 3 is 2.24 bits per heavy atom. The zero-order valence-electron chi connectivity index (χ0n) is 15.8. The van der Waals surface area contributed by atoms with Gasteiger partial charge in [0.25, 0.3) is 0 Å². The summed E-state index contributed by atoms with van der Waals surface area (Å²) in [6, 6.07) is 25.2. The van der Waals surface area contributed by atoms with E-state index in [0.29, 0.717) is 15.7 Å². The molecule has 0 saturated heterocycles. The number of halogens is 1. The van der Waals surface area contributed by atoms with Gasteiger partial charge in [0.05, 0.1) is 11.7 Å². The summed E-state index contributed by atoms with van der Waals surface area (Å²) in [4.78, 5) is 12.8. The van der Waals surface area contributed by atoms with Crippen molar-refractivity contribution in [1.82, 2.24) is 10.6 Å². The lowest BCUT2D eigenvalue weighted by Crippen LogP contribution is -2.44. The summed E-state index contributed by atoms with van der Waals surface area (Å²) in [5.41, 5.74) is 5.37. The van der Waals surface area contributed by atoms with E-state index in [1.807, 2.05) is 78.9 Å². The van der Waals surface area contributed by atoms with Gasteiger partial charge in [-0.15, -0.1) is 0 Å². The molecule has 29 heavy (non-hydrogen) atoms. The highest BCUT2D eigenvalue weighted by Gasteiger charge is 2.31. The van der Waals surface area contributed by atoms with Crippen LogP contribution in [0.15, 0.2) is 84.4 Å². The van der Waals surface area contributed by atoms with E-state index in [2.05, 4.69) is 10.6 Å². The van der Waals surface area contributed by atoms with E-state index >= 15 is 0 Å². The SMILES string of the molecule is CC(=O)C1=C(c2ccccc2)NC(=S)NC1c1ccccc1-c1ccc(Cl)cc1. The Bertz CT molecular complexity index is 1110. The third-order valence-corrected chi connectivity index (χ3v) is 5.41. The molecule has 144 valence electrons. The molecule has 1 unspecified atom stereocenters. The minimum absolute atomic E-state index is 0.0118. The molecule has 4 rings (SSSR count). The molecule has 3 aromatic rings. The Hall–Kier alpha value is -2.95. The Morgan fingerprint density at radius 2 is 1.55 bits per heavy atom. The first kappa shape index (κ1) is 19.4. The second-order valence-corrected chi connectivity index (χ2v) is 7.68. The first-order valence-corrected chi connectivity index (χ1v) is 10.1. The number of carbonyl (C=O) groups is 1. The first-order valence-electron chi connectivity index (χ1n) is 9.27. The van der Waals surface area contributed by atoms with Gasteiger partial charge in [0.1, 0.15) is 0 Å². The average Bonchev–Trinajstić information content (AvgIpc) is 2.74. The number of Topliss-reactive ketones (excluding diaryl/α,β-unsaturated/α-hetero) is 1. The highest BCUT2D eigenvalue weighted by molar-refractivity contribution is 7.80. The zero-order chi connectivity index (χ0) is 20.4. The number of thiocarbonyl (C=S) groups is 1. The molecule has 0 aliphatic carbocycles. The van der Waals surface area contributed by atoms with E-state index < -0.39 is 0 Å². The summed E-state index contributed by atoms with van der Waals surface area (Å²) < 4.78 is 0. The van der Waals surface area contributed by atoms with Crippen LogP contribution in [0.5, 0.6) is 0 Å². The summed E-state index contributed by atoms with van der Waals surface area (Å²) in [5, 5.41) is 7.67. The second kappa shape index (κ2) is 8.19. The lowest BCUT2D eigenvalue weighted by molar-refractivity contribution is -0.113. The third kappa shape index (κ3) is 3.95. The van der Waals surface area contributed by atoms with E-state index in [1.54, 1.807) is 6.92 Å². The molecule has 0 radical (unpaired) electrons. The zero-order valence-corrected chi connectivity index (χ0v) is 17.3. The van der Waals surface area contributed by atoms with Crippen molar-refractivity contribution < 1.29 is 4.79 Å². The van der Waals surface area contributed by atoms with Crippen molar-refractivity contribution in [2.45, 2.75) is 13.0 Å². The van der Waals surface area contributed by atoms with E-state index in [9.17, 15) is 4.79 Å². The highest BCUT2D eigenvalue weighted by atomic mass is 35.5. The fourth-order valence-electron chi connectivity index (χ4n) is 3.65. The van der Waals surface area contributed by atoms with Crippen LogP contribution in [0.2, 0.25) is 5.02 Å². The molecule has 0 bridgehead atoms. The number of hydrogen-bond donors (Lipinski definition) is 2. The molecule has 1 heterocycles. The molecule has 0 amide bonds. The molecule has 3 aromatic carbocycles. The van der Waals surface area contributed by atoms with Crippen LogP contribution in [-0.4, -0.2) is 10.9 Å². The smallest absolute Gasteiger partial charge is 0.171 e. The standard InChI is InChI=1S/C24H19ClN2OS/c1-15(28)21-22(17-7-3-2-4-8-17)26-24(29)27-23(21)20-10-6-5-9-19(20)16-11-13-18(25)14-12-16/h2-14,23H,1H3,(H2,26,27,29). The predicted octanol–water partition coefficient (Wildman–Crippen LogP) is 5.53. The molecule has 0 aromatic heterocycles. The predicted molar refractivity (Wildman–Crippen MR) is 123 cm³/mol. The van der Waals surface area contributed by atoms with Gasteiger partial charge in [-0.1, -0.05) is 78.3 Å². The maximum Gasteiger partial charge on any atom is 0.171 e. The number of ketones is 1. The Balaban J connectivity index is 1.91. The summed E-state index contributed by atoms with van der Waals surface area (Å²) in [5.74, 6) is -0.0118. The van der Waals surface area contributed by atoms with Crippen LogP contribution in [0.1, 0.15) is 24.1 Å². The summed E-state index contributed by atoms with van der Waals surface area (Å²) in [7, 11) is 0. The van der Waals surface area contributed by atoms with Gasteiger partial charge >= 0.3 is 0 Å². The molecule has 1 atom stereocenters. The fraction of sp³-hybridized carbons (Fsp3) is 0.0833. The third-order valence-electron chi connectivity index (χ3n) is 4.94. The van der Waals surface area contributed by atoms with Crippen LogP contribution < -0.4 is 10.6 Å². The van der Waals surface area contributed by atoms with Crippen LogP contribution >= 0.6 is 23.8 Å². The molecule has 2 N–H and O–H groups in total. The highest BCUT2D eigenvalue weighted by Crippen LogP contribution is 2.37. The maximum atomic E-state index is 12.8. The average molecular weight is 419 g/mol. The molecular weight excluding hydrogens is 400 g/mol. The summed E-state index contributed by atoms with van der Waals surface area (Å²) >= 11 is 11.6. The second-order valence-electron chi connectivity index (χ2n) is 6.84. The molecular formula is C24H19ClN2OS. The lowest BCUT2D eigenvalue weighted by Gasteiger charge is -2.32. The molecule has 1 aliphatic heterocycles. The van der Waals surface area contributed by atoms with Crippen LogP contribution in [0.3, 0.4) is 0 Å².